The summed E-state index contributed by atoms with van der Waals surface area (Å²) in [4.78, 5) is 3.17. The number of halogens is 1. The van der Waals surface area contributed by atoms with Crippen LogP contribution in [-0.4, -0.2) is 58.1 Å². The maximum absolute atomic E-state index is 9.55. The van der Waals surface area contributed by atoms with Gasteiger partial charge in [-0.2, -0.15) is 0 Å². The van der Waals surface area contributed by atoms with Gasteiger partial charge in [-0.25, -0.2) is 0 Å². The SMILES string of the molecule is CC.CC[C@H]1O[C@@](CO)(OC)[C@H](O)C1O.Cc1ccc(C)cc1.Cc1ccc2[nH]cc(C)c2c1Cl. The van der Waals surface area contributed by atoms with Crippen molar-refractivity contribution in [3.8, 4) is 0 Å². The van der Waals surface area contributed by atoms with Crippen LogP contribution in [0.25, 0.3) is 10.9 Å². The third kappa shape index (κ3) is 7.78. The van der Waals surface area contributed by atoms with Crippen molar-refractivity contribution in [2.45, 2.75) is 79.0 Å². The highest BCUT2D eigenvalue weighted by molar-refractivity contribution is 6.36. The van der Waals surface area contributed by atoms with E-state index >= 15 is 0 Å². The number of aliphatic hydroxyl groups is 3. The molecular formula is C28H42ClNO5. The van der Waals surface area contributed by atoms with Crippen LogP contribution in [0.4, 0.5) is 0 Å². The fraction of sp³-hybridized carbons (Fsp3) is 0.500. The highest BCUT2D eigenvalue weighted by atomic mass is 35.5. The molecule has 3 aromatic rings. The number of aromatic amines is 1. The van der Waals surface area contributed by atoms with Gasteiger partial charge in [-0.3, -0.25) is 0 Å². The summed E-state index contributed by atoms with van der Waals surface area (Å²) in [7, 11) is 1.32. The number of aliphatic hydroxyl groups excluding tert-OH is 3. The number of methoxy groups -OCH3 is 1. The predicted octanol–water partition coefficient (Wildman–Crippen LogP) is 5.62. The van der Waals surface area contributed by atoms with E-state index in [4.69, 9.17) is 26.2 Å². The van der Waals surface area contributed by atoms with Gasteiger partial charge >= 0.3 is 0 Å². The van der Waals surface area contributed by atoms with Gasteiger partial charge in [0.1, 0.15) is 18.8 Å². The molecule has 6 nitrogen and oxygen atoms in total. The molecule has 1 fully saturated rings. The molecule has 0 amide bonds. The van der Waals surface area contributed by atoms with E-state index in [1.807, 2.05) is 40.0 Å². The van der Waals surface area contributed by atoms with Gasteiger partial charge in [0.05, 0.1) is 11.1 Å². The van der Waals surface area contributed by atoms with Crippen LogP contribution in [0.15, 0.2) is 42.6 Å². The lowest BCUT2D eigenvalue weighted by atomic mass is 10.0. The molecule has 7 heteroatoms. The molecule has 0 saturated carbocycles. The average Bonchev–Trinajstić information content (AvgIpc) is 3.38. The van der Waals surface area contributed by atoms with Crippen LogP contribution in [0.1, 0.15) is 49.4 Å². The highest BCUT2D eigenvalue weighted by Crippen LogP contribution is 2.33. The van der Waals surface area contributed by atoms with Crippen LogP contribution < -0.4 is 0 Å². The van der Waals surface area contributed by atoms with Crippen LogP contribution in [-0.2, 0) is 9.47 Å². The number of rotatable bonds is 3. The van der Waals surface area contributed by atoms with Gasteiger partial charge in [-0.15, -0.1) is 0 Å². The molecule has 2 heterocycles. The van der Waals surface area contributed by atoms with Crippen LogP contribution in [0, 0.1) is 27.7 Å². The van der Waals surface area contributed by atoms with E-state index < -0.39 is 30.7 Å². The van der Waals surface area contributed by atoms with Crippen LogP contribution in [0.5, 0.6) is 0 Å². The number of nitrogens with one attached hydrogen (secondary N) is 1. The third-order valence-corrected chi connectivity index (χ3v) is 6.35. The second-order valence-electron chi connectivity index (χ2n) is 8.42. The Bertz CT molecular complexity index is 993. The minimum atomic E-state index is -1.46. The number of hydrogen-bond donors (Lipinski definition) is 4. The Morgan fingerprint density at radius 3 is 1.91 bits per heavy atom. The summed E-state index contributed by atoms with van der Waals surface area (Å²) in [5.74, 6) is -1.46. The van der Waals surface area contributed by atoms with E-state index in [9.17, 15) is 10.2 Å². The molecule has 1 unspecified atom stereocenters. The summed E-state index contributed by atoms with van der Waals surface area (Å²) in [6.45, 7) is 13.6. The standard InChI is InChI=1S/C10H10ClN.C8H16O5.C8H10.C2H6/c1-6-3-4-8-9(10(6)11)7(2)5-12-8;1-3-5-6(10)7(11)8(4-9,12-2)13-5;1-7-3-5-8(2)6-4-7;1-2/h3-5,12H,1-2H3;5-7,9-11H,3-4H2,1-2H3;3-6H,1-2H3;1-2H3/t;5-,6?,7-,8-;;/m.1../s1. The minimum Gasteiger partial charge on any atom is -0.391 e. The second kappa shape index (κ2) is 14.6. The number of hydrogen-bond acceptors (Lipinski definition) is 5. The zero-order chi connectivity index (χ0) is 26.8. The predicted molar refractivity (Wildman–Crippen MR) is 144 cm³/mol. The lowest BCUT2D eigenvalue weighted by Gasteiger charge is -2.27. The number of ether oxygens (including phenoxy) is 2. The van der Waals surface area contributed by atoms with Crippen molar-refractivity contribution in [1.29, 1.82) is 0 Å². The van der Waals surface area contributed by atoms with Gasteiger partial charge in [0.2, 0.25) is 5.79 Å². The topological polar surface area (TPSA) is 94.9 Å². The quantitative estimate of drug-likeness (QED) is 0.369. The number of fused-ring (bicyclic) bond motifs is 1. The van der Waals surface area contributed by atoms with Gasteiger partial charge < -0.3 is 29.8 Å². The van der Waals surface area contributed by atoms with E-state index in [0.29, 0.717) is 6.42 Å². The molecule has 4 atom stereocenters. The fourth-order valence-corrected chi connectivity index (χ4v) is 3.94. The van der Waals surface area contributed by atoms with Gasteiger partial charge in [-0.1, -0.05) is 73.8 Å². The fourth-order valence-electron chi connectivity index (χ4n) is 3.63. The Morgan fingerprint density at radius 2 is 1.51 bits per heavy atom. The first-order valence-corrected chi connectivity index (χ1v) is 12.4. The number of aryl methyl sites for hydroxylation is 4. The number of aromatic nitrogens is 1. The van der Waals surface area contributed by atoms with Crippen LogP contribution in [0.2, 0.25) is 5.02 Å². The van der Waals surface area contributed by atoms with Crippen molar-refractivity contribution in [2.75, 3.05) is 13.7 Å². The lowest BCUT2D eigenvalue weighted by Crippen LogP contribution is -2.47. The minimum absolute atomic E-state index is 0.474. The molecule has 0 bridgehead atoms. The third-order valence-electron chi connectivity index (χ3n) is 5.87. The summed E-state index contributed by atoms with van der Waals surface area (Å²) in [6.07, 6.45) is -0.147. The molecule has 35 heavy (non-hydrogen) atoms. The molecular weight excluding hydrogens is 466 g/mol. The van der Waals surface area contributed by atoms with Crippen molar-refractivity contribution in [3.05, 3.63) is 69.9 Å². The van der Waals surface area contributed by atoms with Gasteiger partial charge in [0.15, 0.2) is 0 Å². The van der Waals surface area contributed by atoms with Crippen molar-refractivity contribution in [2.24, 2.45) is 0 Å². The smallest absolute Gasteiger partial charge is 0.221 e. The molecule has 0 aliphatic carbocycles. The first-order valence-electron chi connectivity index (χ1n) is 12.1. The highest BCUT2D eigenvalue weighted by Gasteiger charge is 2.53. The summed E-state index contributed by atoms with van der Waals surface area (Å²) in [6, 6.07) is 12.6. The van der Waals surface area contributed by atoms with E-state index in [0.717, 1.165) is 21.5 Å². The van der Waals surface area contributed by atoms with Crippen molar-refractivity contribution in [1.82, 2.24) is 4.98 Å². The molecule has 4 rings (SSSR count). The molecule has 1 aromatic heterocycles. The normalized spacial score (nSPS) is 22.9. The average molecular weight is 508 g/mol. The zero-order valence-corrected chi connectivity index (χ0v) is 23.0. The van der Waals surface area contributed by atoms with Crippen molar-refractivity contribution < 1.29 is 24.8 Å². The van der Waals surface area contributed by atoms with Gasteiger partial charge in [-0.05, 0) is 51.3 Å². The zero-order valence-electron chi connectivity index (χ0n) is 22.2. The summed E-state index contributed by atoms with van der Waals surface area (Å²) >= 11 is 6.15. The van der Waals surface area contributed by atoms with Gasteiger partial charge in [0, 0.05) is 24.2 Å². The van der Waals surface area contributed by atoms with Crippen LogP contribution in [0.3, 0.4) is 0 Å². The Kier molecular flexibility index (Phi) is 13.0. The number of H-pyrrole nitrogens is 1. The van der Waals surface area contributed by atoms with Crippen molar-refractivity contribution >= 4 is 22.5 Å². The summed E-state index contributed by atoms with van der Waals surface area (Å²) in [5, 5.41) is 30.1. The molecule has 1 aliphatic rings. The van der Waals surface area contributed by atoms with E-state index in [-0.39, 0.29) is 0 Å². The maximum atomic E-state index is 9.55. The molecule has 1 saturated heterocycles. The number of benzene rings is 2. The Labute approximate surface area is 214 Å². The second-order valence-corrected chi connectivity index (χ2v) is 8.80. The molecule has 196 valence electrons. The van der Waals surface area contributed by atoms with Crippen LogP contribution >= 0.6 is 11.6 Å². The molecule has 0 spiro atoms. The Hall–Kier alpha value is -1.93. The first kappa shape index (κ1) is 31.1. The largest absolute Gasteiger partial charge is 0.391 e. The Balaban J connectivity index is 0.000000259. The molecule has 4 N–H and O–H groups in total. The lowest BCUT2D eigenvalue weighted by molar-refractivity contribution is -0.261. The molecule has 1 aliphatic heterocycles. The maximum Gasteiger partial charge on any atom is 0.221 e. The van der Waals surface area contributed by atoms with E-state index in [1.165, 1.54) is 23.8 Å². The molecule has 2 aromatic carbocycles. The summed E-state index contributed by atoms with van der Waals surface area (Å²) in [5.41, 5.74) is 6.11. The monoisotopic (exact) mass is 507 g/mol. The van der Waals surface area contributed by atoms with Gasteiger partial charge in [0.25, 0.3) is 0 Å². The Morgan fingerprint density at radius 1 is 0.971 bits per heavy atom. The molecule has 0 radical (unpaired) electrons. The summed E-state index contributed by atoms with van der Waals surface area (Å²) < 4.78 is 10.1. The van der Waals surface area contributed by atoms with Crippen molar-refractivity contribution in [3.63, 3.8) is 0 Å². The van der Waals surface area contributed by atoms with E-state index in [2.05, 4.69) is 56.1 Å². The van der Waals surface area contributed by atoms with E-state index in [1.54, 1.807) is 0 Å². The first-order chi connectivity index (χ1) is 16.6.